The summed E-state index contributed by atoms with van der Waals surface area (Å²) in [6.07, 6.45) is 0.697. The summed E-state index contributed by atoms with van der Waals surface area (Å²) in [4.78, 5) is 54.8. The summed E-state index contributed by atoms with van der Waals surface area (Å²) in [5.74, 6) is -0.768. The first-order chi connectivity index (χ1) is 22.3. The van der Waals surface area contributed by atoms with Gasteiger partial charge in [-0.05, 0) is 46.6 Å². The maximum atomic E-state index is 13.6. The fourth-order valence-corrected chi connectivity index (χ4v) is 6.37. The number of piperazine rings is 1. The van der Waals surface area contributed by atoms with Crippen molar-refractivity contribution in [1.29, 1.82) is 0 Å². The van der Waals surface area contributed by atoms with Crippen LogP contribution in [0.25, 0.3) is 0 Å². The summed E-state index contributed by atoms with van der Waals surface area (Å²) < 4.78 is 0. The van der Waals surface area contributed by atoms with Gasteiger partial charge in [-0.3, -0.25) is 19.3 Å². The highest BCUT2D eigenvalue weighted by Gasteiger charge is 2.34. The van der Waals surface area contributed by atoms with Crippen LogP contribution < -0.4 is 16.0 Å². The molecule has 242 valence electrons. The summed E-state index contributed by atoms with van der Waals surface area (Å²) in [6, 6.07) is 24.3. The molecular weight excluding hydrogens is 582 g/mol. The lowest BCUT2D eigenvalue weighted by molar-refractivity contribution is -0.138. The van der Waals surface area contributed by atoms with Gasteiger partial charge in [0.2, 0.25) is 17.7 Å². The molecule has 3 aromatic rings. The van der Waals surface area contributed by atoms with Crippen LogP contribution in [0.3, 0.4) is 0 Å². The Bertz CT molecular complexity index is 1480. The second-order valence-corrected chi connectivity index (χ2v) is 12.2. The Balaban J connectivity index is 1.15. The highest BCUT2D eigenvalue weighted by atomic mass is 16.4. The number of nitrogens with zero attached hydrogens (tertiary/aromatic N) is 2. The van der Waals surface area contributed by atoms with E-state index in [0.717, 1.165) is 41.9 Å². The van der Waals surface area contributed by atoms with Gasteiger partial charge in [0, 0.05) is 52.1 Å². The zero-order valence-corrected chi connectivity index (χ0v) is 26.3. The van der Waals surface area contributed by atoms with Gasteiger partial charge in [-0.15, -0.1) is 0 Å². The molecule has 1 heterocycles. The number of nitrogens with one attached hydrogen (secondary N) is 3. The third kappa shape index (κ3) is 8.72. The lowest BCUT2D eigenvalue weighted by atomic mass is 9.95. The molecule has 1 aliphatic carbocycles. The van der Waals surface area contributed by atoms with E-state index in [0.29, 0.717) is 32.4 Å². The molecule has 10 nitrogen and oxygen atoms in total. The largest absolute Gasteiger partial charge is 0.465 e. The lowest BCUT2D eigenvalue weighted by Crippen LogP contribution is -2.55. The Labute approximate surface area is 270 Å². The standard InChI is InChI=1S/C36H43N5O5/c1-2-32(42)38-31(35(44)41-18-16-40(17-19-41)24-27-8-4-3-5-9-27)20-25-12-14-26(15-13-25)23-37-34(43)33(39-36(45)46)30-21-28-10-6-7-11-29(28)22-30/h3-15,30-31,33,39H,2,16-24H2,1H3,(H,37,43)(H,38,42)(H,45,46)/t31?,33-/m0/s1. The normalized spacial score (nSPS) is 16.2. The fraction of sp³-hybridized carbons (Fsp3) is 0.389. The molecule has 4 N–H and O–H groups in total. The van der Waals surface area contributed by atoms with Crippen LogP contribution in [-0.4, -0.2) is 77.0 Å². The molecule has 5 rings (SSSR count). The first-order valence-corrected chi connectivity index (χ1v) is 16.0. The maximum absolute atomic E-state index is 13.6. The van der Waals surface area contributed by atoms with Gasteiger partial charge in [0.05, 0.1) is 0 Å². The Hall–Kier alpha value is -4.70. The van der Waals surface area contributed by atoms with Gasteiger partial charge in [-0.2, -0.15) is 0 Å². The molecule has 0 bridgehead atoms. The van der Waals surface area contributed by atoms with Crippen LogP contribution in [0.5, 0.6) is 0 Å². The second-order valence-electron chi connectivity index (χ2n) is 12.2. The molecule has 1 unspecified atom stereocenters. The van der Waals surface area contributed by atoms with E-state index in [9.17, 15) is 24.3 Å². The quantitative estimate of drug-likeness (QED) is 0.245. The van der Waals surface area contributed by atoms with Crippen LogP contribution in [-0.2, 0) is 46.7 Å². The average molecular weight is 626 g/mol. The lowest BCUT2D eigenvalue weighted by Gasteiger charge is -2.36. The van der Waals surface area contributed by atoms with Crippen LogP contribution >= 0.6 is 0 Å². The van der Waals surface area contributed by atoms with Gasteiger partial charge in [0.1, 0.15) is 12.1 Å². The van der Waals surface area contributed by atoms with Crippen LogP contribution in [0.2, 0.25) is 0 Å². The minimum atomic E-state index is -1.23. The monoisotopic (exact) mass is 625 g/mol. The van der Waals surface area contributed by atoms with Gasteiger partial charge in [-0.1, -0.05) is 85.8 Å². The smallest absolute Gasteiger partial charge is 0.405 e. The van der Waals surface area contributed by atoms with E-state index in [-0.39, 0.29) is 36.6 Å². The minimum Gasteiger partial charge on any atom is -0.465 e. The summed E-state index contributed by atoms with van der Waals surface area (Å²) in [7, 11) is 0. The van der Waals surface area contributed by atoms with Crippen molar-refractivity contribution in [3.8, 4) is 0 Å². The summed E-state index contributed by atoms with van der Waals surface area (Å²) in [6.45, 7) is 5.60. The molecule has 0 aromatic heterocycles. The molecule has 1 aliphatic heterocycles. The third-order valence-electron chi connectivity index (χ3n) is 8.93. The van der Waals surface area contributed by atoms with Crippen molar-refractivity contribution in [2.75, 3.05) is 26.2 Å². The van der Waals surface area contributed by atoms with E-state index < -0.39 is 18.2 Å². The second kappa shape index (κ2) is 15.5. The molecule has 0 radical (unpaired) electrons. The van der Waals surface area contributed by atoms with Gasteiger partial charge in [0.15, 0.2) is 0 Å². The van der Waals surface area contributed by atoms with E-state index in [1.54, 1.807) is 6.92 Å². The molecule has 0 saturated carbocycles. The molecule has 2 aliphatic rings. The Morgan fingerprint density at radius 2 is 1.39 bits per heavy atom. The summed E-state index contributed by atoms with van der Waals surface area (Å²) in [5.41, 5.74) is 5.27. The zero-order valence-electron chi connectivity index (χ0n) is 26.3. The molecule has 0 spiro atoms. The number of carbonyl (C=O) groups is 4. The zero-order chi connectivity index (χ0) is 32.5. The molecule has 46 heavy (non-hydrogen) atoms. The molecule has 2 atom stereocenters. The molecule has 1 fully saturated rings. The Kier molecular flexibility index (Phi) is 11.0. The van der Waals surface area contributed by atoms with Crippen molar-refractivity contribution in [1.82, 2.24) is 25.8 Å². The van der Waals surface area contributed by atoms with Crippen molar-refractivity contribution in [2.24, 2.45) is 5.92 Å². The SMILES string of the molecule is CCC(=O)NC(Cc1ccc(CNC(=O)[C@@H](NC(=O)O)C2Cc3ccccc3C2)cc1)C(=O)N1CCN(Cc2ccccc2)CC1. The van der Waals surface area contributed by atoms with Gasteiger partial charge in [-0.25, -0.2) is 4.79 Å². The van der Waals surface area contributed by atoms with E-state index in [4.69, 9.17) is 0 Å². The molecule has 10 heteroatoms. The van der Waals surface area contributed by atoms with E-state index in [1.807, 2.05) is 71.6 Å². The van der Waals surface area contributed by atoms with Gasteiger partial charge in [0.25, 0.3) is 0 Å². The van der Waals surface area contributed by atoms with Crippen molar-refractivity contribution >= 4 is 23.8 Å². The van der Waals surface area contributed by atoms with Crippen molar-refractivity contribution < 1.29 is 24.3 Å². The van der Waals surface area contributed by atoms with Crippen LogP contribution in [0.4, 0.5) is 4.79 Å². The number of hydrogen-bond acceptors (Lipinski definition) is 5. The van der Waals surface area contributed by atoms with Crippen LogP contribution in [0, 0.1) is 5.92 Å². The van der Waals surface area contributed by atoms with E-state index >= 15 is 0 Å². The van der Waals surface area contributed by atoms with Crippen molar-refractivity contribution in [3.63, 3.8) is 0 Å². The number of fused-ring (bicyclic) bond motifs is 1. The Morgan fingerprint density at radius 3 is 2.00 bits per heavy atom. The number of hydrogen-bond donors (Lipinski definition) is 4. The van der Waals surface area contributed by atoms with Crippen molar-refractivity contribution in [3.05, 3.63) is 107 Å². The number of carboxylic acid groups (broad SMARTS) is 1. The first kappa shape index (κ1) is 32.7. The highest BCUT2D eigenvalue weighted by Crippen LogP contribution is 2.29. The fourth-order valence-electron chi connectivity index (χ4n) is 6.37. The molecule has 4 amide bonds. The maximum Gasteiger partial charge on any atom is 0.405 e. The number of rotatable bonds is 12. The molecule has 1 saturated heterocycles. The first-order valence-electron chi connectivity index (χ1n) is 16.0. The van der Waals surface area contributed by atoms with Crippen molar-refractivity contribution in [2.45, 2.75) is 57.8 Å². The topological polar surface area (TPSA) is 131 Å². The molecule has 3 aromatic carbocycles. The predicted octanol–water partition coefficient (Wildman–Crippen LogP) is 3.14. The van der Waals surface area contributed by atoms with E-state index in [1.165, 1.54) is 5.56 Å². The predicted molar refractivity (Wildman–Crippen MR) is 175 cm³/mol. The van der Waals surface area contributed by atoms with E-state index in [2.05, 4.69) is 33.0 Å². The number of amides is 4. The summed E-state index contributed by atoms with van der Waals surface area (Å²) in [5, 5.41) is 17.7. The summed E-state index contributed by atoms with van der Waals surface area (Å²) >= 11 is 0. The third-order valence-corrected chi connectivity index (χ3v) is 8.93. The highest BCUT2D eigenvalue weighted by molar-refractivity contribution is 5.88. The van der Waals surface area contributed by atoms with Crippen LogP contribution in [0.15, 0.2) is 78.9 Å². The Morgan fingerprint density at radius 1 is 0.783 bits per heavy atom. The minimum absolute atomic E-state index is 0.0801. The number of benzene rings is 3. The van der Waals surface area contributed by atoms with Gasteiger partial charge >= 0.3 is 6.09 Å². The number of carbonyl (C=O) groups excluding carboxylic acids is 3. The van der Waals surface area contributed by atoms with Gasteiger partial charge < -0.3 is 26.0 Å². The van der Waals surface area contributed by atoms with Crippen LogP contribution in [0.1, 0.15) is 41.2 Å². The molecular formula is C36H43N5O5. The average Bonchev–Trinajstić information content (AvgIpc) is 3.51.